The minimum atomic E-state index is -2.90. The third-order valence-electron chi connectivity index (χ3n) is 2.82. The zero-order chi connectivity index (χ0) is 16.1. The zero-order valence-electron chi connectivity index (χ0n) is 11.8. The predicted molar refractivity (Wildman–Crippen MR) is 85.0 cm³/mol. The molecule has 6 nitrogen and oxygen atoms in total. The van der Waals surface area contributed by atoms with Crippen molar-refractivity contribution in [2.75, 3.05) is 10.6 Å². The molecule has 0 fully saturated rings. The minimum absolute atomic E-state index is 0.160. The van der Waals surface area contributed by atoms with Gasteiger partial charge >= 0.3 is 121 Å². The molecule has 0 aromatic heterocycles. The van der Waals surface area contributed by atoms with Gasteiger partial charge in [0, 0.05) is 6.92 Å². The SMILES string of the molecule is CC(=O)Nc1ccc(NC(=O)c2ccc([As](O)O)cc2)cc1. The first-order valence-electron chi connectivity index (χ1n) is 6.42. The van der Waals surface area contributed by atoms with Crippen LogP contribution in [0, 0.1) is 0 Å². The fourth-order valence-corrected chi connectivity index (χ4v) is 2.66. The molecule has 0 saturated carbocycles. The maximum atomic E-state index is 12.1. The molecule has 2 aromatic rings. The van der Waals surface area contributed by atoms with E-state index in [1.165, 1.54) is 19.1 Å². The van der Waals surface area contributed by atoms with Crippen LogP contribution in [0.5, 0.6) is 0 Å². The van der Waals surface area contributed by atoms with Crippen LogP contribution in [0.15, 0.2) is 48.5 Å². The fraction of sp³-hybridized carbons (Fsp3) is 0.0667. The molecule has 114 valence electrons. The molecule has 0 saturated heterocycles. The van der Waals surface area contributed by atoms with Gasteiger partial charge in [-0.25, -0.2) is 0 Å². The van der Waals surface area contributed by atoms with Crippen molar-refractivity contribution >= 4 is 42.9 Å². The van der Waals surface area contributed by atoms with Gasteiger partial charge in [-0.3, -0.25) is 4.79 Å². The summed E-state index contributed by atoms with van der Waals surface area (Å²) < 4.78 is 18.8. The molecule has 7 heteroatoms. The summed E-state index contributed by atoms with van der Waals surface area (Å²) in [7, 11) is 0. The molecule has 2 aromatic carbocycles. The van der Waals surface area contributed by atoms with E-state index in [2.05, 4.69) is 10.6 Å². The van der Waals surface area contributed by atoms with Crippen molar-refractivity contribution in [2.24, 2.45) is 0 Å². The normalized spacial score (nSPS) is 10.4. The summed E-state index contributed by atoms with van der Waals surface area (Å²) >= 11 is -2.90. The second kappa shape index (κ2) is 7.22. The van der Waals surface area contributed by atoms with Gasteiger partial charge in [0.15, 0.2) is 0 Å². The van der Waals surface area contributed by atoms with Crippen LogP contribution in [0.3, 0.4) is 0 Å². The summed E-state index contributed by atoms with van der Waals surface area (Å²) in [6.07, 6.45) is 0. The molecule has 4 N–H and O–H groups in total. The van der Waals surface area contributed by atoms with E-state index < -0.39 is 15.3 Å². The number of hydrogen-bond acceptors (Lipinski definition) is 4. The Labute approximate surface area is 132 Å². The van der Waals surface area contributed by atoms with Crippen LogP contribution in [-0.4, -0.2) is 35.3 Å². The number of carbonyl (C=O) groups excluding carboxylic acids is 2. The van der Waals surface area contributed by atoms with Crippen LogP contribution in [0.25, 0.3) is 0 Å². The van der Waals surface area contributed by atoms with E-state index in [-0.39, 0.29) is 11.8 Å². The molecule has 0 spiro atoms. The van der Waals surface area contributed by atoms with E-state index in [1.807, 2.05) is 0 Å². The van der Waals surface area contributed by atoms with Crippen LogP contribution in [0.1, 0.15) is 17.3 Å². The van der Waals surface area contributed by atoms with Crippen molar-refractivity contribution in [1.82, 2.24) is 0 Å². The van der Waals surface area contributed by atoms with Crippen LogP contribution >= 0.6 is 0 Å². The summed E-state index contributed by atoms with van der Waals surface area (Å²) in [5, 5.41) is 5.36. The third kappa shape index (κ3) is 4.43. The third-order valence-corrected chi connectivity index (χ3v) is 4.42. The first-order valence-corrected chi connectivity index (χ1v) is 9.04. The Kier molecular flexibility index (Phi) is 5.33. The van der Waals surface area contributed by atoms with Crippen molar-refractivity contribution in [3.05, 3.63) is 54.1 Å². The molecular weight excluding hydrogens is 347 g/mol. The Morgan fingerprint density at radius 3 is 1.82 bits per heavy atom. The second-order valence-corrected chi connectivity index (χ2v) is 6.85. The molecule has 0 atom stereocenters. The van der Waals surface area contributed by atoms with Crippen LogP contribution in [0.2, 0.25) is 0 Å². The molecule has 2 amide bonds. The Balaban J connectivity index is 2.03. The number of amides is 2. The van der Waals surface area contributed by atoms with Crippen molar-refractivity contribution in [3.8, 4) is 0 Å². The van der Waals surface area contributed by atoms with E-state index >= 15 is 0 Å². The summed E-state index contributed by atoms with van der Waals surface area (Å²) in [5.74, 6) is -0.458. The number of anilines is 2. The number of hydrogen-bond donors (Lipinski definition) is 4. The van der Waals surface area contributed by atoms with Crippen molar-refractivity contribution in [3.63, 3.8) is 0 Å². The first kappa shape index (κ1) is 16.2. The molecule has 0 bridgehead atoms. The maximum absolute atomic E-state index is 12.1. The Morgan fingerprint density at radius 1 is 0.864 bits per heavy atom. The van der Waals surface area contributed by atoms with E-state index in [9.17, 15) is 9.59 Å². The summed E-state index contributed by atoms with van der Waals surface area (Å²) in [5.41, 5.74) is 1.67. The van der Waals surface area contributed by atoms with Gasteiger partial charge in [0.25, 0.3) is 0 Å². The topological polar surface area (TPSA) is 98.7 Å². The van der Waals surface area contributed by atoms with Gasteiger partial charge in [0.05, 0.1) is 0 Å². The molecule has 0 heterocycles. The molecular formula is C15H15AsN2O4. The number of benzene rings is 2. The summed E-state index contributed by atoms with van der Waals surface area (Å²) in [6.45, 7) is 1.42. The predicted octanol–water partition coefficient (Wildman–Crippen LogP) is 0.577. The number of carbonyl (C=O) groups is 2. The molecule has 0 aliphatic carbocycles. The van der Waals surface area contributed by atoms with Crippen molar-refractivity contribution in [2.45, 2.75) is 6.92 Å². The van der Waals surface area contributed by atoms with E-state index in [1.54, 1.807) is 36.4 Å². The standard InChI is InChI=1S/C15H15AsN2O4/c1-10(19)17-13-6-8-14(9-7-13)18-15(20)11-2-4-12(5-3-11)16(21)22/h2-9,21-22H,1H3,(H,17,19)(H,18,20). The molecule has 0 radical (unpaired) electrons. The van der Waals surface area contributed by atoms with Gasteiger partial charge in [-0.2, -0.15) is 0 Å². The van der Waals surface area contributed by atoms with Crippen molar-refractivity contribution < 1.29 is 17.8 Å². The van der Waals surface area contributed by atoms with Gasteiger partial charge in [0.1, 0.15) is 0 Å². The molecule has 0 unspecified atom stereocenters. The van der Waals surface area contributed by atoms with Gasteiger partial charge in [-0.15, -0.1) is 0 Å². The molecule has 2 rings (SSSR count). The average molecular weight is 362 g/mol. The Morgan fingerprint density at radius 2 is 1.36 bits per heavy atom. The number of nitrogens with one attached hydrogen (secondary N) is 2. The fourth-order valence-electron chi connectivity index (χ4n) is 1.79. The summed E-state index contributed by atoms with van der Waals surface area (Å²) in [6, 6.07) is 12.9. The van der Waals surface area contributed by atoms with E-state index in [0.29, 0.717) is 21.3 Å². The van der Waals surface area contributed by atoms with E-state index in [0.717, 1.165) is 0 Å². The molecule has 22 heavy (non-hydrogen) atoms. The quantitative estimate of drug-likeness (QED) is 0.598. The van der Waals surface area contributed by atoms with Gasteiger partial charge < -0.3 is 0 Å². The monoisotopic (exact) mass is 362 g/mol. The number of rotatable bonds is 4. The van der Waals surface area contributed by atoms with E-state index in [4.69, 9.17) is 8.19 Å². The second-order valence-electron chi connectivity index (χ2n) is 4.55. The van der Waals surface area contributed by atoms with Gasteiger partial charge in [-0.05, 0) is 0 Å². The molecule has 0 aliphatic rings. The Bertz CT molecular complexity index is 669. The summed E-state index contributed by atoms with van der Waals surface area (Å²) in [4.78, 5) is 23.0. The zero-order valence-corrected chi connectivity index (χ0v) is 13.7. The van der Waals surface area contributed by atoms with Crippen LogP contribution < -0.4 is 15.0 Å². The molecule has 0 aliphatic heterocycles. The van der Waals surface area contributed by atoms with Crippen LogP contribution in [-0.2, 0) is 4.79 Å². The van der Waals surface area contributed by atoms with Gasteiger partial charge in [0.2, 0.25) is 0 Å². The first-order chi connectivity index (χ1) is 10.5. The van der Waals surface area contributed by atoms with Gasteiger partial charge in [-0.1, -0.05) is 0 Å². The van der Waals surface area contributed by atoms with Crippen molar-refractivity contribution in [1.29, 1.82) is 0 Å². The van der Waals surface area contributed by atoms with Crippen LogP contribution in [0.4, 0.5) is 11.4 Å². The Hall–Kier alpha value is -2.14. The average Bonchev–Trinajstić information content (AvgIpc) is 2.49.